The number of amides is 1. The summed E-state index contributed by atoms with van der Waals surface area (Å²) in [6.45, 7) is 3.97. The van der Waals surface area contributed by atoms with E-state index in [9.17, 15) is 9.59 Å². The minimum atomic E-state index is -0.836. The van der Waals surface area contributed by atoms with Gasteiger partial charge in [-0.2, -0.15) is 0 Å². The fraction of sp³-hybridized carbons (Fsp3) is 0.846. The SMILES string of the molecule is CC1CCN(C(=O)CNC(C(=O)O)C2CC2)CC1. The molecule has 1 saturated carbocycles. The number of carboxylic acid groups (broad SMARTS) is 1. The van der Waals surface area contributed by atoms with Gasteiger partial charge in [-0.3, -0.25) is 14.9 Å². The van der Waals surface area contributed by atoms with Gasteiger partial charge in [0, 0.05) is 13.1 Å². The first-order valence-corrected chi connectivity index (χ1v) is 6.82. The molecule has 0 aromatic rings. The summed E-state index contributed by atoms with van der Waals surface area (Å²) in [5.74, 6) is 0.114. The normalized spacial score (nSPS) is 22.8. The summed E-state index contributed by atoms with van der Waals surface area (Å²) in [4.78, 5) is 24.8. The predicted molar refractivity (Wildman–Crippen MR) is 67.1 cm³/mol. The van der Waals surface area contributed by atoms with Gasteiger partial charge >= 0.3 is 5.97 Å². The van der Waals surface area contributed by atoms with E-state index in [0.717, 1.165) is 38.8 Å². The number of carbonyl (C=O) groups excluding carboxylic acids is 1. The highest BCUT2D eigenvalue weighted by Gasteiger charge is 2.36. The van der Waals surface area contributed by atoms with Crippen molar-refractivity contribution in [1.82, 2.24) is 10.2 Å². The molecule has 5 heteroatoms. The highest BCUT2D eigenvalue weighted by atomic mass is 16.4. The number of rotatable bonds is 5. The first-order valence-electron chi connectivity index (χ1n) is 6.82. The summed E-state index contributed by atoms with van der Waals surface area (Å²) < 4.78 is 0. The molecule has 2 aliphatic rings. The number of hydrogen-bond acceptors (Lipinski definition) is 3. The third kappa shape index (κ3) is 3.45. The van der Waals surface area contributed by atoms with Crippen LogP contribution < -0.4 is 5.32 Å². The molecule has 1 aliphatic heterocycles. The molecule has 0 radical (unpaired) electrons. The molecule has 2 rings (SSSR count). The van der Waals surface area contributed by atoms with Gasteiger partial charge in [-0.25, -0.2) is 0 Å². The van der Waals surface area contributed by atoms with Gasteiger partial charge in [0.05, 0.1) is 6.54 Å². The zero-order chi connectivity index (χ0) is 13.1. The number of likely N-dealkylation sites (tertiary alicyclic amines) is 1. The van der Waals surface area contributed by atoms with Crippen LogP contribution in [-0.4, -0.2) is 47.6 Å². The summed E-state index contributed by atoms with van der Waals surface area (Å²) >= 11 is 0. The lowest BCUT2D eigenvalue weighted by Gasteiger charge is -2.30. The summed E-state index contributed by atoms with van der Waals surface area (Å²) in [6.07, 6.45) is 4.02. The lowest BCUT2D eigenvalue weighted by atomic mass is 9.99. The van der Waals surface area contributed by atoms with Crippen LogP contribution in [0.1, 0.15) is 32.6 Å². The van der Waals surface area contributed by atoms with Crippen LogP contribution in [0, 0.1) is 11.8 Å². The summed E-state index contributed by atoms with van der Waals surface area (Å²) in [5.41, 5.74) is 0. The Morgan fingerprint density at radius 3 is 2.39 bits per heavy atom. The fourth-order valence-electron chi connectivity index (χ4n) is 2.45. The minimum Gasteiger partial charge on any atom is -0.480 e. The Hall–Kier alpha value is -1.10. The van der Waals surface area contributed by atoms with Crippen molar-refractivity contribution >= 4 is 11.9 Å². The van der Waals surface area contributed by atoms with Crippen molar-refractivity contribution in [3.05, 3.63) is 0 Å². The Morgan fingerprint density at radius 2 is 1.89 bits per heavy atom. The summed E-state index contributed by atoms with van der Waals surface area (Å²) in [5, 5.41) is 12.0. The molecule has 0 aromatic carbocycles. The monoisotopic (exact) mass is 254 g/mol. The van der Waals surface area contributed by atoms with Crippen LogP contribution in [0.4, 0.5) is 0 Å². The maximum atomic E-state index is 11.9. The molecule has 102 valence electrons. The predicted octanol–water partition coefficient (Wildman–Crippen LogP) is 0.698. The van der Waals surface area contributed by atoms with Crippen molar-refractivity contribution in [2.45, 2.75) is 38.6 Å². The van der Waals surface area contributed by atoms with Crippen molar-refractivity contribution in [1.29, 1.82) is 0 Å². The molecule has 1 aliphatic carbocycles. The second kappa shape index (κ2) is 5.69. The van der Waals surface area contributed by atoms with E-state index < -0.39 is 12.0 Å². The van der Waals surface area contributed by atoms with Crippen molar-refractivity contribution in [3.8, 4) is 0 Å². The molecule has 0 spiro atoms. The smallest absolute Gasteiger partial charge is 0.320 e. The molecule has 1 unspecified atom stereocenters. The van der Waals surface area contributed by atoms with E-state index in [1.54, 1.807) is 0 Å². The average molecular weight is 254 g/mol. The highest BCUT2D eigenvalue weighted by Crippen LogP contribution is 2.32. The van der Waals surface area contributed by atoms with E-state index in [4.69, 9.17) is 5.11 Å². The van der Waals surface area contributed by atoms with Crippen molar-refractivity contribution in [3.63, 3.8) is 0 Å². The molecule has 1 amide bonds. The van der Waals surface area contributed by atoms with Crippen LogP contribution in [0.15, 0.2) is 0 Å². The van der Waals surface area contributed by atoms with Crippen LogP contribution in [0.25, 0.3) is 0 Å². The Balaban J connectivity index is 1.75. The van der Waals surface area contributed by atoms with E-state index in [-0.39, 0.29) is 18.4 Å². The number of carbonyl (C=O) groups is 2. The quantitative estimate of drug-likeness (QED) is 0.757. The number of nitrogens with one attached hydrogen (secondary N) is 1. The molecule has 5 nitrogen and oxygen atoms in total. The van der Waals surface area contributed by atoms with Crippen molar-refractivity contribution < 1.29 is 14.7 Å². The maximum absolute atomic E-state index is 11.9. The molecule has 1 heterocycles. The van der Waals surface area contributed by atoms with E-state index in [0.29, 0.717) is 5.92 Å². The number of aliphatic carboxylic acids is 1. The second-order valence-corrected chi connectivity index (χ2v) is 5.60. The molecule has 1 atom stereocenters. The van der Waals surface area contributed by atoms with Gasteiger partial charge in [0.2, 0.25) is 5.91 Å². The van der Waals surface area contributed by atoms with Crippen LogP contribution in [0.3, 0.4) is 0 Å². The zero-order valence-corrected chi connectivity index (χ0v) is 10.9. The minimum absolute atomic E-state index is 0.0359. The Labute approximate surface area is 108 Å². The van der Waals surface area contributed by atoms with Gasteiger partial charge in [0.15, 0.2) is 0 Å². The van der Waals surface area contributed by atoms with Crippen LogP contribution >= 0.6 is 0 Å². The number of carboxylic acids is 1. The lowest BCUT2D eigenvalue weighted by molar-refractivity contribution is -0.140. The van der Waals surface area contributed by atoms with Gasteiger partial charge in [-0.15, -0.1) is 0 Å². The molecule has 1 saturated heterocycles. The highest BCUT2D eigenvalue weighted by molar-refractivity contribution is 5.80. The maximum Gasteiger partial charge on any atom is 0.320 e. The van der Waals surface area contributed by atoms with Crippen molar-refractivity contribution in [2.24, 2.45) is 11.8 Å². The van der Waals surface area contributed by atoms with Gasteiger partial charge < -0.3 is 10.0 Å². The van der Waals surface area contributed by atoms with Crippen molar-refractivity contribution in [2.75, 3.05) is 19.6 Å². The largest absolute Gasteiger partial charge is 0.480 e. The third-order valence-corrected chi connectivity index (χ3v) is 3.97. The van der Waals surface area contributed by atoms with E-state index in [1.165, 1.54) is 0 Å². The molecule has 0 bridgehead atoms. The summed E-state index contributed by atoms with van der Waals surface area (Å²) in [7, 11) is 0. The van der Waals surface area contributed by atoms with Crippen LogP contribution in [0.2, 0.25) is 0 Å². The second-order valence-electron chi connectivity index (χ2n) is 5.60. The Bertz CT molecular complexity index is 320. The van der Waals surface area contributed by atoms with E-state index in [2.05, 4.69) is 12.2 Å². The number of hydrogen-bond donors (Lipinski definition) is 2. The topological polar surface area (TPSA) is 69.6 Å². The number of nitrogens with zero attached hydrogens (tertiary/aromatic N) is 1. The molecular formula is C13H22N2O3. The molecule has 2 fully saturated rings. The van der Waals surface area contributed by atoms with Gasteiger partial charge in [-0.1, -0.05) is 6.92 Å². The molecule has 2 N–H and O–H groups in total. The first-order chi connectivity index (χ1) is 8.58. The Kier molecular flexibility index (Phi) is 4.22. The van der Waals surface area contributed by atoms with Gasteiger partial charge in [-0.05, 0) is 37.5 Å². The summed E-state index contributed by atoms with van der Waals surface area (Å²) in [6, 6.07) is -0.544. The zero-order valence-electron chi connectivity index (χ0n) is 10.9. The van der Waals surface area contributed by atoms with Gasteiger partial charge in [0.1, 0.15) is 6.04 Å². The van der Waals surface area contributed by atoms with Crippen LogP contribution in [0.5, 0.6) is 0 Å². The van der Waals surface area contributed by atoms with E-state index >= 15 is 0 Å². The molecule has 0 aromatic heterocycles. The van der Waals surface area contributed by atoms with Gasteiger partial charge in [0.25, 0.3) is 0 Å². The van der Waals surface area contributed by atoms with E-state index in [1.807, 2.05) is 4.90 Å². The standard InChI is InChI=1S/C13H22N2O3/c1-9-4-6-15(7-5-9)11(16)8-14-12(13(17)18)10-2-3-10/h9-10,12,14H,2-8H2,1H3,(H,17,18). The fourth-order valence-corrected chi connectivity index (χ4v) is 2.45. The Morgan fingerprint density at radius 1 is 1.28 bits per heavy atom. The number of piperidine rings is 1. The average Bonchev–Trinajstić information content (AvgIpc) is 3.14. The third-order valence-electron chi connectivity index (χ3n) is 3.97. The first kappa shape index (κ1) is 13.3. The molecule has 18 heavy (non-hydrogen) atoms. The lowest BCUT2D eigenvalue weighted by Crippen LogP contribution is -2.47. The molecular weight excluding hydrogens is 232 g/mol. The van der Waals surface area contributed by atoms with Crippen LogP contribution in [-0.2, 0) is 9.59 Å².